The third-order valence-electron chi connectivity index (χ3n) is 3.03. The van der Waals surface area contributed by atoms with Gasteiger partial charge in [0.05, 0.1) is 18.4 Å². The molecule has 0 aliphatic heterocycles. The number of hydrogen-bond donors (Lipinski definition) is 0. The van der Waals surface area contributed by atoms with E-state index in [1.54, 1.807) is 24.3 Å². The van der Waals surface area contributed by atoms with Crippen LogP contribution >= 0.6 is 0 Å². The molecule has 1 aromatic heterocycles. The molecule has 0 bridgehead atoms. The molecule has 0 aliphatic carbocycles. The Bertz CT molecular complexity index is 771. The van der Waals surface area contributed by atoms with E-state index in [0.717, 1.165) is 4.57 Å². The molecule has 0 atom stereocenters. The average Bonchev–Trinajstić information content (AvgIpc) is 2.73. The van der Waals surface area contributed by atoms with Crippen molar-refractivity contribution >= 4 is 0 Å². The molecule has 3 rings (SSSR count). The highest BCUT2D eigenvalue weighted by Gasteiger charge is 2.15. The minimum Gasteiger partial charge on any atom is -0.245 e. The third kappa shape index (κ3) is 1.80. The van der Waals surface area contributed by atoms with Crippen LogP contribution in [-0.2, 0) is 0 Å². The van der Waals surface area contributed by atoms with Crippen molar-refractivity contribution in [3.63, 3.8) is 0 Å². The molecule has 0 unspecified atom stereocenters. The van der Waals surface area contributed by atoms with Gasteiger partial charge in [-0.1, -0.05) is 36.4 Å². The monoisotopic (exact) mass is 266 g/mol. The van der Waals surface area contributed by atoms with Crippen LogP contribution in [0.1, 0.15) is 0 Å². The molecule has 0 N–H and O–H groups in total. The maximum absolute atomic E-state index is 12.2. The zero-order valence-corrected chi connectivity index (χ0v) is 10.6. The van der Waals surface area contributed by atoms with Crippen molar-refractivity contribution in [3.8, 4) is 11.4 Å². The van der Waals surface area contributed by atoms with Crippen molar-refractivity contribution < 1.29 is 0 Å². The van der Waals surface area contributed by atoms with Gasteiger partial charge in [-0.25, -0.2) is 14.2 Å². The van der Waals surface area contributed by atoms with Crippen molar-refractivity contribution in [1.29, 1.82) is 0 Å². The van der Waals surface area contributed by atoms with E-state index < -0.39 is 11.4 Å². The fourth-order valence-electron chi connectivity index (χ4n) is 2.07. The molecule has 0 aliphatic rings. The molecule has 5 nitrogen and oxygen atoms in total. The van der Waals surface area contributed by atoms with Gasteiger partial charge in [0.1, 0.15) is 0 Å². The summed E-state index contributed by atoms with van der Waals surface area (Å²) in [6.45, 7) is 0. The Kier molecular flexibility index (Phi) is 2.87. The first-order chi connectivity index (χ1) is 9.70. The quantitative estimate of drug-likeness (QED) is 0.704. The summed E-state index contributed by atoms with van der Waals surface area (Å²) in [7, 11) is 3.50. The van der Waals surface area contributed by atoms with Gasteiger partial charge in [-0.2, -0.15) is 9.36 Å². The van der Waals surface area contributed by atoms with Gasteiger partial charge >= 0.3 is 11.4 Å². The van der Waals surface area contributed by atoms with Crippen LogP contribution in [0.15, 0.2) is 70.3 Å². The summed E-state index contributed by atoms with van der Waals surface area (Å²) in [6.07, 6.45) is 0. The number of benzene rings is 2. The van der Waals surface area contributed by atoms with Crippen molar-refractivity contribution in [2.45, 2.75) is 0 Å². The molecule has 3 aromatic rings. The molecular weight excluding hydrogens is 254 g/mol. The van der Waals surface area contributed by atoms with E-state index in [4.69, 9.17) is 0 Å². The lowest BCUT2D eigenvalue weighted by molar-refractivity contribution is 0.706. The van der Waals surface area contributed by atoms with Gasteiger partial charge in [0.2, 0.25) is 0 Å². The summed E-state index contributed by atoms with van der Waals surface area (Å²) in [5.41, 5.74) is 0.261. The van der Waals surface area contributed by atoms with E-state index in [9.17, 15) is 9.59 Å². The van der Waals surface area contributed by atoms with Gasteiger partial charge in [-0.3, -0.25) is 0 Å². The van der Waals surface area contributed by atoms with Gasteiger partial charge in [0.25, 0.3) is 0 Å². The zero-order chi connectivity index (χ0) is 14.1. The number of para-hydroxylation sites is 2. The SMILES string of the molecule is [CH2]n1c(=O)n(-c2ccccc2)n(-c2ccccc2)c1=O. The highest BCUT2D eigenvalue weighted by atomic mass is 16.2. The summed E-state index contributed by atoms with van der Waals surface area (Å²) in [5, 5.41) is 0. The second-order valence-electron chi connectivity index (χ2n) is 4.29. The third-order valence-corrected chi connectivity index (χ3v) is 3.03. The average molecular weight is 266 g/mol. The van der Waals surface area contributed by atoms with Crippen LogP contribution in [0.25, 0.3) is 11.4 Å². The van der Waals surface area contributed by atoms with E-state index in [0.29, 0.717) is 11.4 Å². The van der Waals surface area contributed by atoms with Crippen LogP contribution in [0.2, 0.25) is 0 Å². The van der Waals surface area contributed by atoms with E-state index in [1.165, 1.54) is 9.36 Å². The highest BCUT2D eigenvalue weighted by molar-refractivity contribution is 5.35. The Labute approximate surface area is 114 Å². The first-order valence-corrected chi connectivity index (χ1v) is 6.09. The molecule has 0 saturated carbocycles. The molecule has 0 amide bonds. The number of rotatable bonds is 2. The van der Waals surface area contributed by atoms with Gasteiger partial charge < -0.3 is 0 Å². The van der Waals surface area contributed by atoms with E-state index in [1.807, 2.05) is 36.4 Å². The number of aromatic nitrogens is 3. The standard InChI is InChI=1S/C15H12N3O2/c1-16-14(19)17(12-8-4-2-5-9-12)18(15(16)20)13-10-6-3-7-11-13/h2-11H,1H2. The predicted octanol–water partition coefficient (Wildman–Crippen LogP) is 1.43. The topological polar surface area (TPSA) is 48.9 Å². The van der Waals surface area contributed by atoms with Crippen LogP contribution in [-0.4, -0.2) is 13.9 Å². The lowest BCUT2D eigenvalue weighted by Crippen LogP contribution is -2.23. The fraction of sp³-hybridized carbons (Fsp3) is 0. The molecule has 2 aromatic carbocycles. The summed E-state index contributed by atoms with van der Waals surface area (Å²) in [6, 6.07) is 18.0. The first kappa shape index (κ1) is 12.2. The van der Waals surface area contributed by atoms with Crippen molar-refractivity contribution in [3.05, 3.63) is 88.7 Å². The molecule has 0 fully saturated rings. The predicted molar refractivity (Wildman–Crippen MR) is 76.4 cm³/mol. The molecule has 0 saturated heterocycles. The smallest absolute Gasteiger partial charge is 0.245 e. The lowest BCUT2D eigenvalue weighted by Gasteiger charge is -2.08. The summed E-state index contributed by atoms with van der Waals surface area (Å²) < 4.78 is 3.47. The van der Waals surface area contributed by atoms with Gasteiger partial charge in [0, 0.05) is 0 Å². The summed E-state index contributed by atoms with van der Waals surface area (Å²) >= 11 is 0. The van der Waals surface area contributed by atoms with Gasteiger partial charge in [-0.15, -0.1) is 0 Å². The van der Waals surface area contributed by atoms with Crippen molar-refractivity contribution in [1.82, 2.24) is 13.9 Å². The van der Waals surface area contributed by atoms with E-state index in [2.05, 4.69) is 7.05 Å². The van der Waals surface area contributed by atoms with Crippen LogP contribution in [0.5, 0.6) is 0 Å². The molecule has 99 valence electrons. The normalized spacial score (nSPS) is 10.7. The van der Waals surface area contributed by atoms with Gasteiger partial charge in [-0.05, 0) is 24.3 Å². The van der Waals surface area contributed by atoms with Crippen LogP contribution in [0, 0.1) is 7.05 Å². The second-order valence-corrected chi connectivity index (χ2v) is 4.29. The molecular formula is C15H12N3O2. The summed E-state index contributed by atoms with van der Waals surface area (Å²) in [4.78, 5) is 24.5. The lowest BCUT2D eigenvalue weighted by atomic mass is 10.3. The zero-order valence-electron chi connectivity index (χ0n) is 10.6. The Morgan fingerprint density at radius 3 is 1.35 bits per heavy atom. The van der Waals surface area contributed by atoms with E-state index >= 15 is 0 Å². The Hall–Kier alpha value is -2.82. The molecule has 20 heavy (non-hydrogen) atoms. The number of hydrogen-bond acceptors (Lipinski definition) is 2. The van der Waals surface area contributed by atoms with Crippen molar-refractivity contribution in [2.75, 3.05) is 0 Å². The molecule has 5 heteroatoms. The molecule has 1 heterocycles. The van der Waals surface area contributed by atoms with Crippen molar-refractivity contribution in [2.24, 2.45) is 0 Å². The second kappa shape index (κ2) is 4.70. The maximum atomic E-state index is 12.2. The molecule has 0 spiro atoms. The minimum atomic E-state index is -0.481. The Balaban J connectivity index is 2.39. The highest BCUT2D eigenvalue weighted by Crippen LogP contribution is 2.08. The van der Waals surface area contributed by atoms with E-state index in [-0.39, 0.29) is 0 Å². The van der Waals surface area contributed by atoms with Gasteiger partial charge in [0.15, 0.2) is 0 Å². The molecule has 1 radical (unpaired) electrons. The van der Waals surface area contributed by atoms with Crippen LogP contribution < -0.4 is 11.4 Å². The maximum Gasteiger partial charge on any atom is 0.352 e. The Morgan fingerprint density at radius 1 is 0.650 bits per heavy atom. The summed E-state index contributed by atoms with van der Waals surface area (Å²) in [5.74, 6) is 0. The number of nitrogens with zero attached hydrogens (tertiary/aromatic N) is 3. The first-order valence-electron chi connectivity index (χ1n) is 6.09. The van der Waals surface area contributed by atoms with Crippen LogP contribution in [0.3, 0.4) is 0 Å². The minimum absolute atomic E-state index is 0.481. The Morgan fingerprint density at radius 2 is 1.00 bits per heavy atom. The fourth-order valence-corrected chi connectivity index (χ4v) is 2.07. The largest absolute Gasteiger partial charge is 0.352 e. The van der Waals surface area contributed by atoms with Crippen LogP contribution in [0.4, 0.5) is 0 Å².